The van der Waals surface area contributed by atoms with Crippen molar-refractivity contribution in [2.24, 2.45) is 0 Å². The molecule has 676 valence electrons. The molecule has 0 aliphatic carbocycles. The molecule has 0 N–H and O–H groups in total. The van der Waals surface area contributed by atoms with Crippen molar-refractivity contribution in [1.82, 2.24) is 58.1 Å². The first-order chi connectivity index (χ1) is 71.9. The zero-order valence-corrected chi connectivity index (χ0v) is 79.6. The molecule has 17 heteroatoms. The molecule has 9 aromatic heterocycles. The Labute approximate surface area is 840 Å². The molecule has 0 atom stereocenters. The summed E-state index contributed by atoms with van der Waals surface area (Å²) in [6.45, 7) is 0. The van der Waals surface area contributed by atoms with E-state index in [9.17, 15) is 0 Å². The van der Waals surface area contributed by atoms with E-state index in [0.29, 0.717) is 35.6 Å². The number of para-hydroxylation sites is 7. The summed E-state index contributed by atoms with van der Waals surface area (Å²) in [5.41, 5.74) is 28.3. The first kappa shape index (κ1) is 82.4. The van der Waals surface area contributed by atoms with Crippen molar-refractivity contribution in [2.45, 2.75) is 19.6 Å². The Bertz CT molecular complexity index is 10500. The minimum absolute atomic E-state index is 0.594. The quantitative estimate of drug-likeness (QED) is 0.150. The Morgan fingerprint density at radius 1 is 0.179 bits per heavy atom. The number of hydrogen-bond donors (Lipinski definition) is 0. The van der Waals surface area contributed by atoms with Gasteiger partial charge < -0.3 is 9.47 Å². The van der Waals surface area contributed by atoms with E-state index in [-0.39, 0.29) is 0 Å². The summed E-state index contributed by atoms with van der Waals surface area (Å²) < 4.78 is 23.9. The van der Waals surface area contributed by atoms with E-state index in [2.05, 4.69) is 394 Å². The van der Waals surface area contributed by atoms with Gasteiger partial charge in [0.25, 0.3) is 0 Å². The Morgan fingerprint density at radius 3 is 0.890 bits per heavy atom. The predicted octanol–water partition coefficient (Wildman–Crippen LogP) is 34.1. The van der Waals surface area contributed by atoms with Crippen LogP contribution in [0.5, 0.6) is 23.3 Å². The zero-order valence-electron chi connectivity index (χ0n) is 77.1. The summed E-state index contributed by atoms with van der Waals surface area (Å²) in [6.07, 6.45) is 0. The normalized spacial score (nSPS) is 12.3. The fourth-order valence-corrected chi connectivity index (χ4v) is 25.3. The number of ether oxygens (including phenoxy) is 2. The van der Waals surface area contributed by atoms with Gasteiger partial charge in [-0.3, -0.25) is 18.3 Å². The molecule has 0 bridgehead atoms. The van der Waals surface area contributed by atoms with Crippen LogP contribution in [0.4, 0.5) is 0 Å². The second-order valence-electron chi connectivity index (χ2n) is 36.7. The lowest BCUT2D eigenvalue weighted by atomic mass is 9.98. The molecular weight excluding hydrogens is 1830 g/mol. The number of rotatable bonds is 7. The van der Waals surface area contributed by atoms with E-state index in [1.807, 2.05) is 84.1 Å². The maximum atomic E-state index is 6.32. The minimum atomic E-state index is 0.594. The Kier molecular flexibility index (Phi) is 18.8. The predicted molar refractivity (Wildman–Crippen MR) is 595 cm³/mol. The highest BCUT2D eigenvalue weighted by molar-refractivity contribution is 8.00. The van der Waals surface area contributed by atoms with Gasteiger partial charge in [0.05, 0.1) is 88.4 Å². The molecule has 0 saturated heterocycles. The first-order valence-electron chi connectivity index (χ1n) is 48.3. The van der Waals surface area contributed by atoms with Crippen LogP contribution in [0.15, 0.2) is 468 Å². The molecule has 0 unspecified atom stereocenters. The van der Waals surface area contributed by atoms with Gasteiger partial charge in [-0.05, 0) is 179 Å². The monoisotopic (exact) mass is 1910 g/mol. The molecular formula is C128H74N12O2S3. The summed E-state index contributed by atoms with van der Waals surface area (Å²) >= 11 is 5.45. The van der Waals surface area contributed by atoms with Crippen molar-refractivity contribution in [1.29, 1.82) is 0 Å². The van der Waals surface area contributed by atoms with Gasteiger partial charge >= 0.3 is 0 Å². The molecule has 14 nitrogen and oxygen atoms in total. The van der Waals surface area contributed by atoms with E-state index >= 15 is 0 Å². The van der Waals surface area contributed by atoms with E-state index in [4.69, 9.17) is 49.3 Å². The average Bonchev–Trinajstić information content (AvgIpc) is 1.62. The van der Waals surface area contributed by atoms with Crippen molar-refractivity contribution >= 4 is 186 Å². The van der Waals surface area contributed by atoms with E-state index < -0.39 is 0 Å². The van der Waals surface area contributed by atoms with E-state index in [0.717, 1.165) is 133 Å². The fraction of sp³-hybridized carbons (Fsp3) is 0. The number of nitrogens with zero attached hydrogens (tertiary/aromatic N) is 12. The third kappa shape index (κ3) is 13.3. The highest BCUT2D eigenvalue weighted by Crippen LogP contribution is 2.53. The highest BCUT2D eigenvalue weighted by atomic mass is 32.2. The Morgan fingerprint density at radius 2 is 0.469 bits per heavy atom. The lowest BCUT2D eigenvalue weighted by Crippen LogP contribution is -2.06. The van der Waals surface area contributed by atoms with Crippen LogP contribution >= 0.6 is 34.9 Å². The molecule has 145 heavy (non-hydrogen) atoms. The number of hydrogen-bond acceptors (Lipinski definition) is 13. The number of thiophene rings is 1. The van der Waals surface area contributed by atoms with Crippen molar-refractivity contribution in [3.05, 3.63) is 449 Å². The second kappa shape index (κ2) is 33.1. The average molecular weight is 1910 g/mol. The fourth-order valence-electron chi connectivity index (χ4n) is 22.0. The van der Waals surface area contributed by atoms with Crippen LogP contribution in [-0.2, 0) is 0 Å². The third-order valence-corrected chi connectivity index (χ3v) is 31.9. The number of benzene rings is 20. The van der Waals surface area contributed by atoms with Crippen LogP contribution in [0.2, 0.25) is 0 Å². The first-order valence-corrected chi connectivity index (χ1v) is 50.8. The van der Waals surface area contributed by atoms with Crippen LogP contribution in [0, 0.1) is 0 Å². The van der Waals surface area contributed by atoms with Crippen LogP contribution in [0.3, 0.4) is 0 Å². The van der Waals surface area contributed by atoms with Gasteiger partial charge in [0.2, 0.25) is 35.6 Å². The molecule has 29 aromatic rings. The molecule has 33 rings (SSSR count). The SMILES string of the molecule is c1ccc(-c2ccc3c(c2)c2ccccc2n3-c2nc3c4c(cccc4n2)-c2ccccc2O3)cc1.c1ccc(-c2ccc3c(c2)c2ccccc2n3-c2nc3c4c(cccc4n2)Sc2ccccc2-3)cc1.c1ccc2c(c1)Oc1nc(-n3c4ccccc4c4ccccc43)nc3cccc-2c13.c1ccc2c(c1)Sc1cccc3nc(-n4c5ccccc5c5cc(-c6ccc7sc8ccccc8c7c6)ccc54)nc-2c13. The summed E-state index contributed by atoms with van der Waals surface area (Å²) in [4.78, 5) is 45.6. The molecule has 0 radical (unpaired) electrons. The van der Waals surface area contributed by atoms with Crippen LogP contribution in [0.1, 0.15) is 0 Å². The van der Waals surface area contributed by atoms with Gasteiger partial charge in [0, 0.05) is 127 Å². The lowest BCUT2D eigenvalue weighted by Gasteiger charge is -2.20. The molecule has 0 fully saturated rings. The Balaban J connectivity index is 0.0000000905. The molecule has 13 heterocycles. The van der Waals surface area contributed by atoms with Gasteiger partial charge in [0.1, 0.15) is 11.5 Å². The van der Waals surface area contributed by atoms with E-state index in [1.54, 1.807) is 23.5 Å². The zero-order chi connectivity index (χ0) is 95.0. The number of fused-ring (bicyclic) bond motifs is 23. The highest BCUT2D eigenvalue weighted by Gasteiger charge is 2.31. The smallest absolute Gasteiger partial charge is 0.238 e. The summed E-state index contributed by atoms with van der Waals surface area (Å²) in [5.74, 6) is 5.46. The largest absolute Gasteiger partial charge is 0.438 e. The minimum Gasteiger partial charge on any atom is -0.438 e. The second-order valence-corrected chi connectivity index (χ2v) is 39.9. The topological polar surface area (TPSA) is 141 Å². The standard InChI is InChI=1S/C38H21N3S2.C32H19N3O.C32H19N3S.C26H15N3O/c1-4-12-30-24(8-1)27-20-22(23-17-19-34-28(21-23)25-9-2-5-13-32(25)42-34)16-18-31(27)41(30)38-39-29-11-7-15-35-36(29)37(40-38)26-10-3-6-14-33(26)43-35;1-2-9-20(10-3-1)21-17-18-28-25(19-21)22-11-4-6-15-27(22)35(28)32-33-26-14-8-13-24-23-12-5-7-16-29(23)36-31(34-32)30(24)26;1-2-9-20(10-3-1)21-17-18-27-24(19-21)22-11-4-6-14-26(22)35(27)32-33-25-13-8-16-29-30(25)31(34-32)23-12-5-7-15-28(23)36-29;1-4-13-21-16(8-1)17-9-2-5-14-22(17)29(21)26-27-20-12-7-11-19-18-10-3-6-15-23(18)30-25(28-26)24(19)20/h1-21H;2*1-19H;1-15H. The molecule has 20 aromatic carbocycles. The number of aromatic nitrogens is 12. The molecule has 4 aliphatic rings. The Hall–Kier alpha value is -18.5. The molecule has 0 spiro atoms. The summed E-state index contributed by atoms with van der Waals surface area (Å²) in [5, 5.41) is 16.3. The lowest BCUT2D eigenvalue weighted by molar-refractivity contribution is 0.465. The van der Waals surface area contributed by atoms with Crippen molar-refractivity contribution < 1.29 is 9.47 Å². The maximum Gasteiger partial charge on any atom is 0.238 e. The molecule has 0 amide bonds. The van der Waals surface area contributed by atoms with Crippen molar-refractivity contribution in [3.63, 3.8) is 0 Å². The van der Waals surface area contributed by atoms with Crippen LogP contribution < -0.4 is 9.47 Å². The maximum absolute atomic E-state index is 6.32. The van der Waals surface area contributed by atoms with E-state index in [1.165, 1.54) is 127 Å². The van der Waals surface area contributed by atoms with Gasteiger partial charge in [-0.2, -0.15) is 9.97 Å². The van der Waals surface area contributed by atoms with Gasteiger partial charge in [0.15, 0.2) is 0 Å². The van der Waals surface area contributed by atoms with Crippen LogP contribution in [0.25, 0.3) is 253 Å². The molecule has 0 saturated carbocycles. The van der Waals surface area contributed by atoms with Crippen LogP contribution in [-0.4, -0.2) is 58.1 Å². The third-order valence-electron chi connectivity index (χ3n) is 28.5. The summed E-state index contributed by atoms with van der Waals surface area (Å²) in [7, 11) is 0. The summed E-state index contributed by atoms with van der Waals surface area (Å²) in [6, 6.07) is 157. The van der Waals surface area contributed by atoms with Gasteiger partial charge in [-0.15, -0.1) is 11.3 Å². The van der Waals surface area contributed by atoms with Crippen molar-refractivity contribution in [3.8, 4) is 125 Å². The van der Waals surface area contributed by atoms with Gasteiger partial charge in [-0.1, -0.05) is 327 Å². The molecule has 4 aliphatic heterocycles. The van der Waals surface area contributed by atoms with Gasteiger partial charge in [-0.25, -0.2) is 29.9 Å². The van der Waals surface area contributed by atoms with Crippen molar-refractivity contribution in [2.75, 3.05) is 0 Å².